The molecule has 1 fully saturated rings. The van der Waals surface area contributed by atoms with Gasteiger partial charge in [0.25, 0.3) is 16.7 Å². The Kier molecular flexibility index (Phi) is 5.48. The molecule has 0 unspecified atom stereocenters. The zero-order valence-corrected chi connectivity index (χ0v) is 18.0. The number of amides is 2. The van der Waals surface area contributed by atoms with Crippen molar-refractivity contribution < 1.29 is 9.59 Å². The Hall–Kier alpha value is -2.92. The predicted molar refractivity (Wildman–Crippen MR) is 116 cm³/mol. The Morgan fingerprint density at radius 2 is 2.03 bits per heavy atom. The molecule has 0 aromatic carbocycles. The van der Waals surface area contributed by atoms with Crippen molar-refractivity contribution in [2.24, 2.45) is 7.05 Å². The van der Waals surface area contributed by atoms with Gasteiger partial charge in [-0.15, -0.1) is 11.3 Å². The van der Waals surface area contributed by atoms with Crippen LogP contribution in [0.2, 0.25) is 0 Å². The fraction of sp³-hybridized carbons (Fsp3) is 0.316. The molecule has 0 radical (unpaired) electrons. The fourth-order valence-corrected chi connectivity index (χ4v) is 4.80. The number of fused-ring (bicyclic) bond motifs is 1. The van der Waals surface area contributed by atoms with Crippen LogP contribution in [-0.2, 0) is 24.9 Å². The lowest BCUT2D eigenvalue weighted by Gasteiger charge is -2.11. The van der Waals surface area contributed by atoms with Gasteiger partial charge in [0.15, 0.2) is 11.2 Å². The number of imidazole rings is 1. The van der Waals surface area contributed by atoms with Gasteiger partial charge in [0, 0.05) is 18.5 Å². The van der Waals surface area contributed by atoms with Crippen molar-refractivity contribution in [3.05, 3.63) is 54.0 Å². The second kappa shape index (κ2) is 8.07. The summed E-state index contributed by atoms with van der Waals surface area (Å²) < 4.78 is 2.95. The Labute approximate surface area is 179 Å². The van der Waals surface area contributed by atoms with Crippen LogP contribution in [0.15, 0.2) is 32.0 Å². The minimum atomic E-state index is -0.546. The summed E-state index contributed by atoms with van der Waals surface area (Å²) in [6.45, 7) is 2.34. The van der Waals surface area contributed by atoms with Crippen LogP contribution in [-0.4, -0.2) is 35.1 Å². The van der Waals surface area contributed by atoms with E-state index in [2.05, 4.69) is 9.97 Å². The van der Waals surface area contributed by atoms with Gasteiger partial charge >= 0.3 is 5.69 Å². The average molecular weight is 446 g/mol. The number of thiophene rings is 1. The topological polar surface area (TPSA) is 110 Å². The van der Waals surface area contributed by atoms with Crippen LogP contribution in [0.3, 0.4) is 0 Å². The largest absolute Gasteiger partial charge is 0.330 e. The molecule has 1 N–H and O–H groups in total. The number of nitrogens with zero attached hydrogens (tertiary/aromatic N) is 4. The summed E-state index contributed by atoms with van der Waals surface area (Å²) in [5, 5.41) is 1.50. The molecule has 1 saturated heterocycles. The molecule has 2 amide bonds. The van der Waals surface area contributed by atoms with Crippen LogP contribution in [0.5, 0.6) is 0 Å². The number of imide groups is 1. The highest BCUT2D eigenvalue weighted by Gasteiger charge is 2.36. The van der Waals surface area contributed by atoms with Crippen molar-refractivity contribution in [2.75, 3.05) is 0 Å². The summed E-state index contributed by atoms with van der Waals surface area (Å²) in [5.74, 6) is -0.0474. The van der Waals surface area contributed by atoms with E-state index in [1.54, 1.807) is 13.1 Å². The number of thioether (sulfide) groups is 1. The Morgan fingerprint density at radius 1 is 1.23 bits per heavy atom. The maximum Gasteiger partial charge on any atom is 0.330 e. The van der Waals surface area contributed by atoms with E-state index in [4.69, 9.17) is 0 Å². The lowest BCUT2D eigenvalue weighted by molar-refractivity contribution is -0.123. The molecule has 11 heteroatoms. The number of aryl methyl sites for hydroxylation is 2. The number of hydrogen-bond donors (Lipinski definition) is 1. The number of nitrogens with one attached hydrogen (secondary N) is 1. The summed E-state index contributed by atoms with van der Waals surface area (Å²) in [6, 6.07) is 3.74. The third-order valence-electron chi connectivity index (χ3n) is 4.83. The molecule has 30 heavy (non-hydrogen) atoms. The van der Waals surface area contributed by atoms with E-state index in [1.807, 2.05) is 24.4 Å². The van der Waals surface area contributed by atoms with Crippen LogP contribution in [0.25, 0.3) is 17.2 Å². The molecular formula is C19H19N5O4S2. The number of H-pyrrole nitrogens is 1. The first kappa shape index (κ1) is 20.4. The number of hydrogen-bond acceptors (Lipinski definition) is 7. The number of carbonyl (C=O) groups excluding carboxylic acids is 2. The van der Waals surface area contributed by atoms with E-state index in [9.17, 15) is 19.2 Å². The van der Waals surface area contributed by atoms with E-state index in [-0.39, 0.29) is 17.7 Å². The van der Waals surface area contributed by atoms with Crippen LogP contribution in [0.1, 0.15) is 30.5 Å². The Bertz CT molecular complexity index is 1280. The maximum absolute atomic E-state index is 12.8. The quantitative estimate of drug-likeness (QED) is 0.584. The van der Waals surface area contributed by atoms with Gasteiger partial charge in [-0.25, -0.2) is 9.78 Å². The molecule has 4 rings (SSSR count). The van der Waals surface area contributed by atoms with Crippen molar-refractivity contribution in [1.82, 2.24) is 24.0 Å². The molecule has 156 valence electrons. The van der Waals surface area contributed by atoms with Gasteiger partial charge in [-0.3, -0.25) is 28.8 Å². The van der Waals surface area contributed by atoms with Crippen LogP contribution in [0.4, 0.5) is 4.79 Å². The normalized spacial score (nSPS) is 15.8. The first-order valence-electron chi connectivity index (χ1n) is 9.38. The maximum atomic E-state index is 12.8. The second-order valence-corrected chi connectivity index (χ2v) is 8.78. The zero-order chi connectivity index (χ0) is 21.4. The molecule has 3 aromatic heterocycles. The highest BCUT2D eigenvalue weighted by atomic mass is 32.2. The highest BCUT2D eigenvalue weighted by molar-refractivity contribution is 8.18. The van der Waals surface area contributed by atoms with E-state index >= 15 is 0 Å². The van der Waals surface area contributed by atoms with Crippen LogP contribution in [0, 0.1) is 0 Å². The summed E-state index contributed by atoms with van der Waals surface area (Å²) in [5.41, 5.74) is -0.566. The number of carbonyl (C=O) groups is 2. The number of aromatic amines is 1. The second-order valence-electron chi connectivity index (χ2n) is 6.81. The van der Waals surface area contributed by atoms with Gasteiger partial charge in [-0.2, -0.15) is 0 Å². The van der Waals surface area contributed by atoms with Gasteiger partial charge < -0.3 is 4.57 Å². The molecule has 0 bridgehead atoms. The van der Waals surface area contributed by atoms with Gasteiger partial charge in [-0.05, 0) is 35.7 Å². The summed E-state index contributed by atoms with van der Waals surface area (Å²) in [4.78, 5) is 58.9. The monoisotopic (exact) mass is 445 g/mol. The molecule has 1 aliphatic heterocycles. The molecule has 0 aliphatic carbocycles. The molecule has 1 aliphatic rings. The summed E-state index contributed by atoms with van der Waals surface area (Å²) in [6.07, 6.45) is 3.32. The van der Waals surface area contributed by atoms with E-state index in [0.717, 1.165) is 34.4 Å². The SMILES string of the molecule is CCCCn1c(=O)[nH]c(=O)c2c1nc(CN1C(=O)S/C(=C/c3cccs3)C1=O)n2C. The van der Waals surface area contributed by atoms with E-state index < -0.39 is 22.4 Å². The summed E-state index contributed by atoms with van der Waals surface area (Å²) in [7, 11) is 1.63. The van der Waals surface area contributed by atoms with Crippen molar-refractivity contribution in [2.45, 2.75) is 32.9 Å². The third kappa shape index (κ3) is 3.54. The molecule has 3 aromatic rings. The smallest absolute Gasteiger partial charge is 0.324 e. The first-order chi connectivity index (χ1) is 14.4. The Balaban J connectivity index is 1.70. The molecule has 0 saturated carbocycles. The first-order valence-corrected chi connectivity index (χ1v) is 11.1. The van der Waals surface area contributed by atoms with Crippen LogP contribution >= 0.6 is 23.1 Å². The standard InChI is InChI=1S/C19H19N5O4S2/c1-3-4-7-23-15-14(16(25)21-18(23)27)22(2)13(20-15)10-24-17(26)12(30-19(24)28)9-11-6-5-8-29-11/h5-6,8-9H,3-4,7,10H2,1-2H3,(H,21,25,27)/b12-9+. The van der Waals surface area contributed by atoms with E-state index in [1.165, 1.54) is 20.5 Å². The number of unbranched alkanes of at least 4 members (excludes halogenated alkanes) is 1. The minimum absolute atomic E-state index is 0.0843. The third-order valence-corrected chi connectivity index (χ3v) is 6.56. The zero-order valence-electron chi connectivity index (χ0n) is 16.4. The minimum Gasteiger partial charge on any atom is -0.324 e. The van der Waals surface area contributed by atoms with Crippen molar-refractivity contribution in [1.29, 1.82) is 0 Å². The van der Waals surface area contributed by atoms with Crippen molar-refractivity contribution in [3.8, 4) is 0 Å². The fourth-order valence-electron chi connectivity index (χ4n) is 3.24. The molecule has 4 heterocycles. The Morgan fingerprint density at radius 3 is 2.73 bits per heavy atom. The molecule has 0 spiro atoms. The number of rotatable bonds is 6. The van der Waals surface area contributed by atoms with Gasteiger partial charge in [0.2, 0.25) is 0 Å². The number of aromatic nitrogens is 4. The average Bonchev–Trinajstić information content (AvgIpc) is 3.38. The summed E-state index contributed by atoms with van der Waals surface area (Å²) >= 11 is 2.35. The van der Waals surface area contributed by atoms with Crippen LogP contribution < -0.4 is 11.2 Å². The highest BCUT2D eigenvalue weighted by Crippen LogP contribution is 2.34. The van der Waals surface area contributed by atoms with Gasteiger partial charge in [-0.1, -0.05) is 19.4 Å². The van der Waals surface area contributed by atoms with Gasteiger partial charge in [0.05, 0.1) is 11.4 Å². The van der Waals surface area contributed by atoms with Crippen molar-refractivity contribution in [3.63, 3.8) is 0 Å². The molecular weight excluding hydrogens is 426 g/mol. The molecule has 0 atom stereocenters. The lowest BCUT2D eigenvalue weighted by Crippen LogP contribution is -2.31. The van der Waals surface area contributed by atoms with Gasteiger partial charge in [0.1, 0.15) is 5.82 Å². The lowest BCUT2D eigenvalue weighted by atomic mass is 10.3. The van der Waals surface area contributed by atoms with E-state index in [0.29, 0.717) is 17.3 Å². The van der Waals surface area contributed by atoms with Crippen molar-refractivity contribution >= 4 is 51.5 Å². The predicted octanol–water partition coefficient (Wildman–Crippen LogP) is 2.52. The molecule has 9 nitrogen and oxygen atoms in total.